The number of ether oxygens (including phenoxy) is 2. The fourth-order valence-corrected chi connectivity index (χ4v) is 5.68. The predicted octanol–water partition coefficient (Wildman–Crippen LogP) is 7.70. The van der Waals surface area contributed by atoms with Crippen molar-refractivity contribution in [2.24, 2.45) is 5.41 Å². The maximum Gasteiger partial charge on any atom is 0.288 e. The number of anilines is 1. The van der Waals surface area contributed by atoms with Crippen LogP contribution in [-0.4, -0.2) is 29.7 Å². The molecule has 0 amide bonds. The SMILES string of the molecule is CCC1(COc2ccc(N3[C@@H](c4ccc(Cl)c([N+](=O)[O-])c4)CC[C@@H]3c3ccc(Cl)c([N+](=O)[O-])c3)cc2)COC1. The third kappa shape index (κ3) is 5.39. The summed E-state index contributed by atoms with van der Waals surface area (Å²) in [5.41, 5.74) is 2.08. The quantitative estimate of drug-likeness (QED) is 0.191. The Morgan fingerprint density at radius 3 is 1.82 bits per heavy atom. The lowest BCUT2D eigenvalue weighted by Crippen LogP contribution is -2.46. The van der Waals surface area contributed by atoms with E-state index in [9.17, 15) is 20.2 Å². The Labute approximate surface area is 235 Å². The number of nitro groups is 2. The van der Waals surface area contributed by atoms with Crippen molar-refractivity contribution >= 4 is 40.3 Å². The van der Waals surface area contributed by atoms with E-state index in [1.807, 2.05) is 24.3 Å². The van der Waals surface area contributed by atoms with Crippen LogP contribution in [0.3, 0.4) is 0 Å². The number of rotatable bonds is 9. The molecule has 0 unspecified atom stereocenters. The molecule has 2 saturated heterocycles. The summed E-state index contributed by atoms with van der Waals surface area (Å²) in [6, 6.07) is 16.9. The molecule has 2 aliphatic rings. The van der Waals surface area contributed by atoms with Crippen LogP contribution in [-0.2, 0) is 4.74 Å². The summed E-state index contributed by atoms with van der Waals surface area (Å²) >= 11 is 12.2. The number of nitro benzene ring substituents is 2. The zero-order valence-corrected chi connectivity index (χ0v) is 22.7. The Morgan fingerprint density at radius 1 is 0.897 bits per heavy atom. The third-order valence-electron chi connectivity index (χ3n) is 7.73. The molecule has 3 aromatic rings. The second-order valence-corrected chi connectivity index (χ2v) is 10.9. The molecule has 39 heavy (non-hydrogen) atoms. The summed E-state index contributed by atoms with van der Waals surface area (Å²) in [7, 11) is 0. The van der Waals surface area contributed by atoms with Crippen LogP contribution in [0, 0.1) is 25.6 Å². The number of benzene rings is 3. The molecule has 5 rings (SSSR count). The first-order valence-corrected chi connectivity index (χ1v) is 13.4. The van der Waals surface area contributed by atoms with E-state index in [1.54, 1.807) is 24.3 Å². The Balaban J connectivity index is 1.49. The molecule has 3 aromatic carbocycles. The molecule has 2 heterocycles. The smallest absolute Gasteiger partial charge is 0.288 e. The standard InChI is InChI=1S/C28H27Cl2N3O6/c1-2-28(15-38-16-28)17-39-21-7-5-20(6-8-21)31-24(18-3-9-22(29)26(13-18)32(34)35)11-12-25(31)19-4-10-23(30)27(14-19)33(36)37/h3-10,13-14,24-25H,2,11-12,15-17H2,1H3/t24-,25-/m1/s1. The van der Waals surface area contributed by atoms with Gasteiger partial charge < -0.3 is 14.4 Å². The topological polar surface area (TPSA) is 108 Å². The van der Waals surface area contributed by atoms with Gasteiger partial charge in [0.05, 0.1) is 47.2 Å². The summed E-state index contributed by atoms with van der Waals surface area (Å²) in [5.74, 6) is 0.732. The highest BCUT2D eigenvalue weighted by molar-refractivity contribution is 6.33. The van der Waals surface area contributed by atoms with Crippen molar-refractivity contribution in [1.29, 1.82) is 0 Å². The molecule has 9 nitrogen and oxygen atoms in total. The van der Waals surface area contributed by atoms with E-state index in [4.69, 9.17) is 32.7 Å². The van der Waals surface area contributed by atoms with Crippen molar-refractivity contribution in [2.75, 3.05) is 24.7 Å². The van der Waals surface area contributed by atoms with Crippen LogP contribution >= 0.6 is 23.2 Å². The molecule has 0 radical (unpaired) electrons. The molecule has 2 aliphatic heterocycles. The van der Waals surface area contributed by atoms with E-state index >= 15 is 0 Å². The Morgan fingerprint density at radius 2 is 1.41 bits per heavy atom. The summed E-state index contributed by atoms with van der Waals surface area (Å²) in [4.78, 5) is 24.3. The highest BCUT2D eigenvalue weighted by Gasteiger charge is 2.39. The van der Waals surface area contributed by atoms with Gasteiger partial charge in [0.1, 0.15) is 15.8 Å². The van der Waals surface area contributed by atoms with E-state index in [2.05, 4.69) is 11.8 Å². The first-order chi connectivity index (χ1) is 18.7. The maximum absolute atomic E-state index is 11.6. The molecular formula is C28H27Cl2N3O6. The molecule has 0 N–H and O–H groups in total. The van der Waals surface area contributed by atoms with Gasteiger partial charge in [0.15, 0.2) is 0 Å². The Bertz CT molecular complexity index is 1320. The number of hydrogen-bond acceptors (Lipinski definition) is 7. The van der Waals surface area contributed by atoms with Gasteiger partial charge in [-0.05, 0) is 66.8 Å². The molecule has 0 aromatic heterocycles. The van der Waals surface area contributed by atoms with Crippen molar-refractivity contribution in [1.82, 2.24) is 0 Å². The van der Waals surface area contributed by atoms with E-state index in [1.165, 1.54) is 12.1 Å². The van der Waals surface area contributed by atoms with Crippen molar-refractivity contribution in [3.8, 4) is 5.75 Å². The van der Waals surface area contributed by atoms with E-state index in [0.717, 1.165) is 29.0 Å². The zero-order chi connectivity index (χ0) is 27.7. The minimum atomic E-state index is -0.493. The van der Waals surface area contributed by atoms with Gasteiger partial charge in [-0.25, -0.2) is 0 Å². The van der Waals surface area contributed by atoms with Gasteiger partial charge in [-0.3, -0.25) is 20.2 Å². The molecule has 204 valence electrons. The molecule has 2 fully saturated rings. The second kappa shape index (κ2) is 11.0. The van der Waals surface area contributed by atoms with Crippen LogP contribution in [0.25, 0.3) is 0 Å². The van der Waals surface area contributed by atoms with Crippen LogP contribution in [0.15, 0.2) is 60.7 Å². The summed E-state index contributed by atoms with van der Waals surface area (Å²) in [6.07, 6.45) is 2.33. The van der Waals surface area contributed by atoms with Crippen LogP contribution in [0.1, 0.15) is 49.4 Å². The molecular weight excluding hydrogens is 545 g/mol. The van der Waals surface area contributed by atoms with Crippen molar-refractivity contribution in [3.63, 3.8) is 0 Å². The summed E-state index contributed by atoms with van der Waals surface area (Å²) < 4.78 is 11.5. The molecule has 11 heteroatoms. The van der Waals surface area contributed by atoms with Crippen LogP contribution < -0.4 is 9.64 Å². The van der Waals surface area contributed by atoms with Gasteiger partial charge in [0, 0.05) is 17.8 Å². The Kier molecular flexibility index (Phi) is 7.66. The predicted molar refractivity (Wildman–Crippen MR) is 149 cm³/mol. The lowest BCUT2D eigenvalue weighted by molar-refractivity contribution is -0.384. The summed E-state index contributed by atoms with van der Waals surface area (Å²) in [5, 5.41) is 23.3. The fourth-order valence-electron chi connectivity index (χ4n) is 5.31. The first-order valence-electron chi connectivity index (χ1n) is 12.7. The second-order valence-electron chi connectivity index (χ2n) is 10.1. The van der Waals surface area contributed by atoms with Crippen molar-refractivity contribution in [3.05, 3.63) is 102 Å². The Hall–Kier alpha value is -3.40. The minimum Gasteiger partial charge on any atom is -0.493 e. The fraction of sp³-hybridized carbons (Fsp3) is 0.357. The van der Waals surface area contributed by atoms with Gasteiger partial charge in [-0.1, -0.05) is 42.3 Å². The van der Waals surface area contributed by atoms with Gasteiger partial charge in [-0.15, -0.1) is 0 Å². The average molecular weight is 572 g/mol. The molecule has 0 bridgehead atoms. The highest BCUT2D eigenvalue weighted by Crippen LogP contribution is 2.49. The lowest BCUT2D eigenvalue weighted by Gasteiger charge is -2.40. The van der Waals surface area contributed by atoms with Crippen LogP contribution in [0.2, 0.25) is 10.0 Å². The monoisotopic (exact) mass is 571 g/mol. The molecule has 0 saturated carbocycles. The van der Waals surface area contributed by atoms with Gasteiger partial charge in [-0.2, -0.15) is 0 Å². The van der Waals surface area contributed by atoms with Gasteiger partial charge >= 0.3 is 0 Å². The first kappa shape index (κ1) is 27.2. The van der Waals surface area contributed by atoms with E-state index in [-0.39, 0.29) is 38.9 Å². The average Bonchev–Trinajstić information content (AvgIpc) is 3.34. The van der Waals surface area contributed by atoms with Crippen molar-refractivity contribution in [2.45, 2.75) is 38.3 Å². The minimum absolute atomic E-state index is 0.0520. The molecule has 2 atom stereocenters. The normalized spacial score (nSPS) is 19.9. The number of halogens is 2. The zero-order valence-electron chi connectivity index (χ0n) is 21.2. The van der Waals surface area contributed by atoms with Gasteiger partial charge in [0.25, 0.3) is 11.4 Å². The van der Waals surface area contributed by atoms with Gasteiger partial charge in [0.2, 0.25) is 0 Å². The molecule has 0 aliphatic carbocycles. The largest absolute Gasteiger partial charge is 0.493 e. The van der Waals surface area contributed by atoms with E-state index in [0.29, 0.717) is 32.7 Å². The highest BCUT2D eigenvalue weighted by atomic mass is 35.5. The maximum atomic E-state index is 11.6. The lowest BCUT2D eigenvalue weighted by atomic mass is 9.84. The summed E-state index contributed by atoms with van der Waals surface area (Å²) in [6.45, 7) is 4.09. The van der Waals surface area contributed by atoms with Crippen LogP contribution in [0.5, 0.6) is 5.75 Å². The third-order valence-corrected chi connectivity index (χ3v) is 8.37. The van der Waals surface area contributed by atoms with E-state index < -0.39 is 9.85 Å². The molecule has 0 spiro atoms. The van der Waals surface area contributed by atoms with Crippen molar-refractivity contribution < 1.29 is 19.3 Å². The number of hydrogen-bond donors (Lipinski definition) is 0. The number of nitrogens with zero attached hydrogens (tertiary/aromatic N) is 3. The van der Waals surface area contributed by atoms with Crippen LogP contribution in [0.4, 0.5) is 17.1 Å².